The Bertz CT molecular complexity index is 373. The van der Waals surface area contributed by atoms with Gasteiger partial charge in [0.05, 0.1) is 5.92 Å². The summed E-state index contributed by atoms with van der Waals surface area (Å²) in [5.74, 6) is -1.94. The molecule has 4 atom stereocenters. The molecular formula is C12H19NO4. The van der Waals surface area contributed by atoms with Crippen LogP contribution in [0.3, 0.4) is 0 Å². The van der Waals surface area contributed by atoms with Crippen molar-refractivity contribution in [3.63, 3.8) is 0 Å². The molecule has 5 heteroatoms. The fourth-order valence-corrected chi connectivity index (χ4v) is 2.96. The van der Waals surface area contributed by atoms with Crippen molar-refractivity contribution in [3.05, 3.63) is 0 Å². The number of fused-ring (bicyclic) bond motifs is 1. The first-order valence-electron chi connectivity index (χ1n) is 5.92. The molecule has 0 aromatic rings. The molecule has 96 valence electrons. The first-order chi connectivity index (χ1) is 7.67. The average Bonchev–Trinajstić information content (AvgIpc) is 2.78. The Balaban J connectivity index is 2.11. The summed E-state index contributed by atoms with van der Waals surface area (Å²) < 4.78 is 5.29. The first-order valence-corrected chi connectivity index (χ1v) is 5.92. The lowest BCUT2D eigenvalue weighted by molar-refractivity contribution is -0.162. The minimum Gasteiger partial charge on any atom is -0.481 e. The summed E-state index contributed by atoms with van der Waals surface area (Å²) in [6, 6.07) is 0. The zero-order valence-corrected chi connectivity index (χ0v) is 10.4. The van der Waals surface area contributed by atoms with Gasteiger partial charge in [-0.1, -0.05) is 0 Å². The molecule has 0 spiro atoms. The number of esters is 1. The molecule has 0 radical (unpaired) electrons. The van der Waals surface area contributed by atoms with Crippen LogP contribution < -0.4 is 5.73 Å². The molecule has 0 amide bonds. The number of aliphatic carboxylic acids is 1. The topological polar surface area (TPSA) is 89.6 Å². The Morgan fingerprint density at radius 2 is 2.00 bits per heavy atom. The van der Waals surface area contributed by atoms with Crippen LogP contribution >= 0.6 is 0 Å². The number of hydrogen-bond acceptors (Lipinski definition) is 4. The van der Waals surface area contributed by atoms with Gasteiger partial charge in [0.2, 0.25) is 0 Å². The summed E-state index contributed by atoms with van der Waals surface area (Å²) in [4.78, 5) is 23.0. The zero-order valence-electron chi connectivity index (χ0n) is 10.4. The summed E-state index contributed by atoms with van der Waals surface area (Å²) in [5.41, 5.74) is 4.40. The van der Waals surface area contributed by atoms with Crippen LogP contribution in [0.4, 0.5) is 0 Å². The Labute approximate surface area is 100 Å². The second kappa shape index (κ2) is 3.45. The Hall–Kier alpha value is -1.10. The van der Waals surface area contributed by atoms with Crippen molar-refractivity contribution < 1.29 is 19.4 Å². The molecule has 2 aliphatic rings. The molecule has 3 N–H and O–H groups in total. The van der Waals surface area contributed by atoms with Crippen molar-refractivity contribution in [1.82, 2.24) is 0 Å². The van der Waals surface area contributed by atoms with E-state index in [0.717, 1.165) is 0 Å². The second-order valence-electron chi connectivity index (χ2n) is 6.13. The Kier molecular flexibility index (Phi) is 2.51. The van der Waals surface area contributed by atoms with Gasteiger partial charge in [-0.05, 0) is 39.5 Å². The lowest BCUT2D eigenvalue weighted by Gasteiger charge is -2.29. The highest BCUT2D eigenvalue weighted by molar-refractivity contribution is 5.86. The standard InChI is InChI=1S/C12H19NO4/c1-11(2,3)17-10(16)12(13)5-4-6-7(8(6)12)9(14)15/h6-8H,4-5,13H2,1-3H3,(H,14,15)/t6-,7-,8-,12-/m0/s1. The van der Waals surface area contributed by atoms with Crippen LogP contribution in [0, 0.1) is 17.8 Å². The van der Waals surface area contributed by atoms with Gasteiger partial charge in [-0.3, -0.25) is 9.59 Å². The number of carboxylic acid groups (broad SMARTS) is 1. The summed E-state index contributed by atoms with van der Waals surface area (Å²) in [7, 11) is 0. The molecule has 2 fully saturated rings. The number of carboxylic acids is 1. The van der Waals surface area contributed by atoms with E-state index >= 15 is 0 Å². The fourth-order valence-electron chi connectivity index (χ4n) is 2.96. The third-order valence-electron chi connectivity index (χ3n) is 3.72. The first kappa shape index (κ1) is 12.4. The average molecular weight is 241 g/mol. The highest BCUT2D eigenvalue weighted by Gasteiger charge is 2.70. The molecule has 0 heterocycles. The molecule has 2 aliphatic carbocycles. The van der Waals surface area contributed by atoms with Gasteiger partial charge >= 0.3 is 11.9 Å². The molecule has 0 bridgehead atoms. The summed E-state index contributed by atoms with van der Waals surface area (Å²) in [5, 5.41) is 9.00. The van der Waals surface area contributed by atoms with Gasteiger partial charge in [-0.15, -0.1) is 0 Å². The van der Waals surface area contributed by atoms with Gasteiger partial charge in [0.25, 0.3) is 0 Å². The van der Waals surface area contributed by atoms with Crippen LogP contribution in [0.5, 0.6) is 0 Å². The second-order valence-corrected chi connectivity index (χ2v) is 6.13. The summed E-state index contributed by atoms with van der Waals surface area (Å²) in [6.45, 7) is 5.34. The molecule has 17 heavy (non-hydrogen) atoms. The summed E-state index contributed by atoms with van der Waals surface area (Å²) in [6.07, 6.45) is 1.23. The lowest BCUT2D eigenvalue weighted by Crippen LogP contribution is -2.52. The maximum atomic E-state index is 12.0. The van der Waals surface area contributed by atoms with E-state index in [1.807, 2.05) is 0 Å². The summed E-state index contributed by atoms with van der Waals surface area (Å²) >= 11 is 0. The Morgan fingerprint density at radius 1 is 1.41 bits per heavy atom. The van der Waals surface area contributed by atoms with E-state index in [-0.39, 0.29) is 11.8 Å². The van der Waals surface area contributed by atoms with Crippen molar-refractivity contribution >= 4 is 11.9 Å². The van der Waals surface area contributed by atoms with Crippen LogP contribution in [-0.2, 0) is 14.3 Å². The molecule has 2 saturated carbocycles. The van der Waals surface area contributed by atoms with E-state index in [1.165, 1.54) is 0 Å². The van der Waals surface area contributed by atoms with Crippen LogP contribution in [0.25, 0.3) is 0 Å². The van der Waals surface area contributed by atoms with Gasteiger partial charge in [0, 0.05) is 5.92 Å². The monoisotopic (exact) mass is 241 g/mol. The molecule has 5 nitrogen and oxygen atoms in total. The van der Waals surface area contributed by atoms with Gasteiger partial charge in [0.15, 0.2) is 0 Å². The highest BCUT2D eigenvalue weighted by Crippen LogP contribution is 2.61. The van der Waals surface area contributed by atoms with Crippen LogP contribution in [-0.4, -0.2) is 28.2 Å². The normalized spacial score (nSPS) is 39.6. The molecule has 2 rings (SSSR count). The number of hydrogen-bond donors (Lipinski definition) is 2. The van der Waals surface area contributed by atoms with Crippen LogP contribution in [0.1, 0.15) is 33.6 Å². The van der Waals surface area contributed by atoms with Crippen LogP contribution in [0.15, 0.2) is 0 Å². The van der Waals surface area contributed by atoms with Crippen molar-refractivity contribution in [2.24, 2.45) is 23.5 Å². The zero-order chi connectivity index (χ0) is 13.0. The SMILES string of the molecule is CC(C)(C)OC(=O)[C@]1(N)CC[C@H]2[C@H](C(=O)O)[C@H]21. The predicted octanol–water partition coefficient (Wildman–Crippen LogP) is 0.766. The molecule has 0 aliphatic heterocycles. The number of carbonyl (C=O) groups excluding carboxylic acids is 1. The minimum atomic E-state index is -1.10. The maximum Gasteiger partial charge on any atom is 0.326 e. The molecule has 0 aromatic heterocycles. The van der Waals surface area contributed by atoms with E-state index in [0.29, 0.717) is 12.8 Å². The smallest absolute Gasteiger partial charge is 0.326 e. The lowest BCUT2D eigenvalue weighted by atomic mass is 9.91. The van der Waals surface area contributed by atoms with E-state index in [4.69, 9.17) is 15.6 Å². The molecule has 0 aromatic carbocycles. The van der Waals surface area contributed by atoms with E-state index in [1.54, 1.807) is 20.8 Å². The molecular weight excluding hydrogens is 222 g/mol. The highest BCUT2D eigenvalue weighted by atomic mass is 16.6. The number of nitrogens with two attached hydrogens (primary N) is 1. The number of carbonyl (C=O) groups is 2. The third kappa shape index (κ3) is 1.92. The molecule has 0 saturated heterocycles. The van der Waals surface area contributed by atoms with E-state index in [9.17, 15) is 9.59 Å². The fraction of sp³-hybridized carbons (Fsp3) is 0.833. The van der Waals surface area contributed by atoms with Crippen molar-refractivity contribution in [1.29, 1.82) is 0 Å². The van der Waals surface area contributed by atoms with E-state index < -0.39 is 29.0 Å². The molecule has 0 unspecified atom stereocenters. The van der Waals surface area contributed by atoms with Crippen LogP contribution in [0.2, 0.25) is 0 Å². The minimum absolute atomic E-state index is 0.0602. The van der Waals surface area contributed by atoms with Crippen molar-refractivity contribution in [3.8, 4) is 0 Å². The largest absolute Gasteiger partial charge is 0.481 e. The third-order valence-corrected chi connectivity index (χ3v) is 3.72. The number of rotatable bonds is 2. The predicted molar refractivity (Wildman–Crippen MR) is 60.1 cm³/mol. The van der Waals surface area contributed by atoms with Crippen molar-refractivity contribution in [2.45, 2.75) is 44.8 Å². The van der Waals surface area contributed by atoms with Crippen molar-refractivity contribution in [2.75, 3.05) is 0 Å². The quantitative estimate of drug-likeness (QED) is 0.697. The number of ether oxygens (including phenoxy) is 1. The van der Waals surface area contributed by atoms with Gasteiger partial charge in [-0.25, -0.2) is 0 Å². The van der Waals surface area contributed by atoms with Gasteiger partial charge < -0.3 is 15.6 Å². The maximum absolute atomic E-state index is 12.0. The van der Waals surface area contributed by atoms with Gasteiger partial charge in [0.1, 0.15) is 11.1 Å². The van der Waals surface area contributed by atoms with E-state index in [2.05, 4.69) is 0 Å². The van der Waals surface area contributed by atoms with Gasteiger partial charge in [-0.2, -0.15) is 0 Å². The Morgan fingerprint density at radius 3 is 2.41 bits per heavy atom.